The van der Waals surface area contributed by atoms with E-state index in [1.54, 1.807) is 12.1 Å². The van der Waals surface area contributed by atoms with Crippen LogP contribution in [0.2, 0.25) is 0 Å². The summed E-state index contributed by atoms with van der Waals surface area (Å²) in [4.78, 5) is 23.5. The molecule has 5 nitrogen and oxygen atoms in total. The average Bonchev–Trinajstić information content (AvgIpc) is 2.56. The van der Waals surface area contributed by atoms with Crippen LogP contribution in [0.15, 0.2) is 53.5 Å². The van der Waals surface area contributed by atoms with Crippen molar-refractivity contribution in [2.75, 3.05) is 13.2 Å². The van der Waals surface area contributed by atoms with Crippen molar-refractivity contribution in [3.63, 3.8) is 0 Å². The minimum atomic E-state index is -4.74. The highest BCUT2D eigenvalue weighted by Crippen LogP contribution is 2.25. The van der Waals surface area contributed by atoms with Gasteiger partial charge in [-0.1, -0.05) is 18.2 Å². The van der Waals surface area contributed by atoms with Crippen LogP contribution < -0.4 is 15.6 Å². The molecule has 0 bridgehead atoms. The summed E-state index contributed by atoms with van der Waals surface area (Å²) in [5.74, 6) is 0.172. The zero-order valence-electron chi connectivity index (χ0n) is 13.3. The second-order valence-electron chi connectivity index (χ2n) is 5.22. The molecular weight excluding hydrogens is 337 g/mol. The Kier molecular flexibility index (Phi) is 6.21. The lowest BCUT2D eigenvalue weighted by Gasteiger charge is -2.11. The fraction of sp³-hybridized carbons (Fsp3) is 0.294. The van der Waals surface area contributed by atoms with E-state index >= 15 is 0 Å². The van der Waals surface area contributed by atoms with Crippen LogP contribution in [0.4, 0.5) is 13.2 Å². The van der Waals surface area contributed by atoms with Crippen molar-refractivity contribution >= 4 is 5.91 Å². The van der Waals surface area contributed by atoms with E-state index in [1.807, 2.05) is 18.2 Å². The zero-order valence-corrected chi connectivity index (χ0v) is 13.3. The second kappa shape index (κ2) is 8.36. The number of nitrogens with one attached hydrogen (secondary N) is 1. The molecule has 2 aromatic rings. The van der Waals surface area contributed by atoms with Crippen molar-refractivity contribution in [1.82, 2.24) is 9.88 Å². The number of aromatic nitrogens is 1. The van der Waals surface area contributed by atoms with Gasteiger partial charge in [-0.15, -0.1) is 0 Å². The summed E-state index contributed by atoms with van der Waals surface area (Å²) < 4.78 is 44.2. The normalized spacial score (nSPS) is 11.2. The van der Waals surface area contributed by atoms with E-state index in [9.17, 15) is 22.8 Å². The van der Waals surface area contributed by atoms with E-state index in [0.717, 1.165) is 16.8 Å². The molecule has 0 aliphatic carbocycles. The van der Waals surface area contributed by atoms with E-state index < -0.39 is 29.8 Å². The fourth-order valence-electron chi connectivity index (χ4n) is 2.09. The van der Waals surface area contributed by atoms with Crippen molar-refractivity contribution in [3.05, 3.63) is 64.6 Å². The summed E-state index contributed by atoms with van der Waals surface area (Å²) in [5, 5.41) is 2.54. The number of benzene rings is 1. The first kappa shape index (κ1) is 18.6. The molecule has 1 heterocycles. The van der Waals surface area contributed by atoms with Gasteiger partial charge in [0.15, 0.2) is 0 Å². The van der Waals surface area contributed by atoms with Crippen molar-refractivity contribution in [2.24, 2.45) is 0 Å². The maximum atomic E-state index is 12.7. The van der Waals surface area contributed by atoms with E-state index in [2.05, 4.69) is 5.32 Å². The SMILES string of the molecule is O=C(Cn1cccc(C(F)(F)F)c1=O)NCCCOc1ccccc1. The molecule has 25 heavy (non-hydrogen) atoms. The van der Waals surface area contributed by atoms with Gasteiger partial charge in [0, 0.05) is 12.7 Å². The molecule has 0 fully saturated rings. The van der Waals surface area contributed by atoms with Gasteiger partial charge < -0.3 is 14.6 Å². The smallest absolute Gasteiger partial charge is 0.421 e. The number of carbonyl (C=O) groups excluding carboxylic acids is 1. The molecule has 0 unspecified atom stereocenters. The van der Waals surface area contributed by atoms with E-state index in [4.69, 9.17) is 4.74 Å². The van der Waals surface area contributed by atoms with Crippen molar-refractivity contribution in [2.45, 2.75) is 19.1 Å². The maximum Gasteiger partial charge on any atom is 0.421 e. The Labute approximate surface area is 142 Å². The number of amides is 1. The Morgan fingerprint density at radius 3 is 2.52 bits per heavy atom. The van der Waals surface area contributed by atoms with Gasteiger partial charge in [-0.05, 0) is 30.7 Å². The first-order valence-corrected chi connectivity index (χ1v) is 7.59. The lowest BCUT2D eigenvalue weighted by atomic mass is 10.2. The van der Waals surface area contributed by atoms with Crippen LogP contribution in [0.5, 0.6) is 5.75 Å². The monoisotopic (exact) mass is 354 g/mol. The summed E-state index contributed by atoms with van der Waals surface area (Å²) in [7, 11) is 0. The Hall–Kier alpha value is -2.77. The molecule has 1 aromatic heterocycles. The van der Waals surface area contributed by atoms with Crippen molar-refractivity contribution in [1.29, 1.82) is 0 Å². The lowest BCUT2D eigenvalue weighted by molar-refractivity contribution is -0.139. The number of ether oxygens (including phenoxy) is 1. The number of carbonyl (C=O) groups is 1. The molecule has 0 saturated heterocycles. The number of alkyl halides is 3. The molecule has 0 aliphatic heterocycles. The van der Waals surface area contributed by atoms with Crippen LogP contribution >= 0.6 is 0 Å². The molecule has 8 heteroatoms. The predicted molar refractivity (Wildman–Crippen MR) is 85.3 cm³/mol. The van der Waals surface area contributed by atoms with Gasteiger partial charge in [0.05, 0.1) is 6.61 Å². The third-order valence-corrected chi connectivity index (χ3v) is 3.29. The first-order chi connectivity index (χ1) is 11.9. The molecule has 0 aliphatic rings. The third kappa shape index (κ3) is 5.66. The summed E-state index contributed by atoms with van der Waals surface area (Å²) >= 11 is 0. The molecule has 1 aromatic carbocycles. The van der Waals surface area contributed by atoms with E-state index in [0.29, 0.717) is 31.4 Å². The highest BCUT2D eigenvalue weighted by molar-refractivity contribution is 5.75. The molecule has 0 saturated carbocycles. The first-order valence-electron chi connectivity index (χ1n) is 7.59. The van der Waals surface area contributed by atoms with Gasteiger partial charge in [0.1, 0.15) is 17.9 Å². The number of rotatable bonds is 7. The van der Waals surface area contributed by atoms with Gasteiger partial charge in [-0.25, -0.2) is 0 Å². The van der Waals surface area contributed by atoms with Crippen LogP contribution in [-0.2, 0) is 17.5 Å². The predicted octanol–water partition coefficient (Wildman–Crippen LogP) is 2.45. The number of hydrogen-bond acceptors (Lipinski definition) is 3. The van der Waals surface area contributed by atoms with Gasteiger partial charge in [-0.3, -0.25) is 9.59 Å². The number of para-hydroxylation sites is 1. The summed E-state index contributed by atoms with van der Waals surface area (Å²) in [6.07, 6.45) is -3.07. The lowest BCUT2D eigenvalue weighted by Crippen LogP contribution is -2.35. The third-order valence-electron chi connectivity index (χ3n) is 3.29. The highest BCUT2D eigenvalue weighted by atomic mass is 19.4. The van der Waals surface area contributed by atoms with Crippen LogP contribution in [-0.4, -0.2) is 23.6 Å². The average molecular weight is 354 g/mol. The van der Waals surface area contributed by atoms with Crippen LogP contribution in [0.1, 0.15) is 12.0 Å². The number of pyridine rings is 1. The standard InChI is InChI=1S/C17H17F3N2O3/c18-17(19,20)14-8-4-10-22(16(14)24)12-15(23)21-9-5-11-25-13-6-2-1-3-7-13/h1-4,6-8,10H,5,9,11-12H2,(H,21,23). The molecule has 134 valence electrons. The molecule has 1 N–H and O–H groups in total. The Morgan fingerprint density at radius 2 is 1.84 bits per heavy atom. The summed E-state index contributed by atoms with van der Waals surface area (Å²) in [6, 6.07) is 10.9. The Bertz CT molecular complexity index is 758. The van der Waals surface area contributed by atoms with Gasteiger partial charge in [-0.2, -0.15) is 13.2 Å². The number of hydrogen-bond donors (Lipinski definition) is 1. The van der Waals surface area contributed by atoms with Gasteiger partial charge >= 0.3 is 6.18 Å². The second-order valence-corrected chi connectivity index (χ2v) is 5.22. The van der Waals surface area contributed by atoms with Crippen LogP contribution in [0.25, 0.3) is 0 Å². The fourth-order valence-corrected chi connectivity index (χ4v) is 2.09. The zero-order chi connectivity index (χ0) is 18.3. The number of halogens is 3. The summed E-state index contributed by atoms with van der Waals surface area (Å²) in [5.41, 5.74) is -2.53. The molecule has 0 spiro atoms. The summed E-state index contributed by atoms with van der Waals surface area (Å²) in [6.45, 7) is 0.204. The topological polar surface area (TPSA) is 60.3 Å². The van der Waals surface area contributed by atoms with Crippen molar-refractivity contribution < 1.29 is 22.7 Å². The van der Waals surface area contributed by atoms with Gasteiger partial charge in [0.2, 0.25) is 5.91 Å². The Balaban J connectivity index is 1.78. The van der Waals surface area contributed by atoms with Crippen LogP contribution in [0, 0.1) is 0 Å². The molecule has 0 radical (unpaired) electrons. The van der Waals surface area contributed by atoms with Crippen LogP contribution in [0.3, 0.4) is 0 Å². The number of nitrogens with zero attached hydrogens (tertiary/aromatic N) is 1. The van der Waals surface area contributed by atoms with E-state index in [1.165, 1.54) is 0 Å². The quantitative estimate of drug-likeness (QED) is 0.777. The Morgan fingerprint density at radius 1 is 1.12 bits per heavy atom. The molecule has 1 amide bonds. The minimum absolute atomic E-state index is 0.291. The molecule has 0 atom stereocenters. The maximum absolute atomic E-state index is 12.7. The van der Waals surface area contributed by atoms with Gasteiger partial charge in [0.25, 0.3) is 5.56 Å². The van der Waals surface area contributed by atoms with E-state index in [-0.39, 0.29) is 0 Å². The minimum Gasteiger partial charge on any atom is -0.494 e. The van der Waals surface area contributed by atoms with Crippen molar-refractivity contribution in [3.8, 4) is 5.75 Å². The molecular formula is C17H17F3N2O3. The highest BCUT2D eigenvalue weighted by Gasteiger charge is 2.34. The largest absolute Gasteiger partial charge is 0.494 e. The molecule has 2 rings (SSSR count).